The molecule has 96 valence electrons. The van der Waals surface area contributed by atoms with Crippen molar-refractivity contribution in [1.82, 2.24) is 4.98 Å². The van der Waals surface area contributed by atoms with Crippen LogP contribution in [0.4, 0.5) is 11.5 Å². The second kappa shape index (κ2) is 5.56. The van der Waals surface area contributed by atoms with E-state index in [-0.39, 0.29) is 0 Å². The first kappa shape index (κ1) is 13.1. The van der Waals surface area contributed by atoms with E-state index in [1.54, 1.807) is 12.3 Å². The van der Waals surface area contributed by atoms with Crippen LogP contribution in [0.1, 0.15) is 15.9 Å². The Morgan fingerprint density at radius 1 is 1.37 bits per heavy atom. The Morgan fingerprint density at radius 2 is 2.16 bits per heavy atom. The monoisotopic (exact) mass is 254 g/mol. The van der Waals surface area contributed by atoms with Crippen molar-refractivity contribution >= 4 is 30.8 Å². The molecule has 0 radical (unpaired) electrons. The summed E-state index contributed by atoms with van der Waals surface area (Å²) in [6.07, 6.45) is 1.71. The molecule has 0 bridgehead atoms. The number of rotatable bonds is 3. The third-order valence-corrected chi connectivity index (χ3v) is 2.71. The number of nitrogens with zero attached hydrogens (tertiary/aromatic N) is 1. The van der Waals surface area contributed by atoms with Crippen LogP contribution in [0.3, 0.4) is 0 Å². The third-order valence-electron chi connectivity index (χ3n) is 2.71. The number of anilines is 2. The fourth-order valence-corrected chi connectivity index (χ4v) is 1.79. The smallest absolute Gasteiger partial charge is 0.341 e. The van der Waals surface area contributed by atoms with Gasteiger partial charge in [0.2, 0.25) is 0 Å². The van der Waals surface area contributed by atoms with E-state index in [1.807, 2.05) is 39.0 Å². The highest BCUT2D eigenvalue weighted by Gasteiger charge is 2.13. The van der Waals surface area contributed by atoms with Gasteiger partial charge in [-0.3, -0.25) is 0 Å². The number of esters is 1. The van der Waals surface area contributed by atoms with Crippen LogP contribution in [0.2, 0.25) is 0 Å². The van der Waals surface area contributed by atoms with Gasteiger partial charge in [0, 0.05) is 11.9 Å². The van der Waals surface area contributed by atoms with Gasteiger partial charge in [-0.05, 0) is 30.7 Å². The van der Waals surface area contributed by atoms with Gasteiger partial charge in [-0.1, -0.05) is 17.6 Å². The van der Waals surface area contributed by atoms with Gasteiger partial charge in [0.1, 0.15) is 19.2 Å². The zero-order chi connectivity index (χ0) is 13.8. The lowest BCUT2D eigenvalue weighted by molar-refractivity contribution is 0.0601. The maximum atomic E-state index is 11.7. The molecule has 2 rings (SSSR count). The fourth-order valence-electron chi connectivity index (χ4n) is 1.79. The Hall–Kier alpha value is -2.30. The first-order valence-electron chi connectivity index (χ1n) is 5.99. The number of benzene rings is 1. The molecule has 0 aliphatic rings. The van der Waals surface area contributed by atoms with Crippen LogP contribution in [0, 0.1) is 6.92 Å². The van der Waals surface area contributed by atoms with E-state index < -0.39 is 5.97 Å². The van der Waals surface area contributed by atoms with Crippen molar-refractivity contribution in [2.24, 2.45) is 0 Å². The van der Waals surface area contributed by atoms with Crippen molar-refractivity contribution in [3.05, 3.63) is 47.7 Å². The number of hydrogen-bond acceptors (Lipinski definition) is 4. The molecule has 1 aromatic carbocycles. The molecule has 19 heavy (non-hydrogen) atoms. The van der Waals surface area contributed by atoms with Gasteiger partial charge in [-0.15, -0.1) is 0 Å². The van der Waals surface area contributed by atoms with Gasteiger partial charge >= 0.3 is 5.97 Å². The number of ether oxygens (including phenoxy) is 1. The van der Waals surface area contributed by atoms with Crippen LogP contribution in [-0.2, 0) is 4.74 Å². The predicted octanol–water partition coefficient (Wildman–Crippen LogP) is 1.18. The van der Waals surface area contributed by atoms with E-state index >= 15 is 0 Å². The maximum Gasteiger partial charge on any atom is 0.341 e. The SMILES string of the molecule is Bc1cnc(Nc2cccc(C)c2)c(C(=O)OC)c1. The van der Waals surface area contributed by atoms with Gasteiger partial charge in [0.15, 0.2) is 0 Å². The van der Waals surface area contributed by atoms with E-state index in [1.165, 1.54) is 7.11 Å². The maximum absolute atomic E-state index is 11.7. The summed E-state index contributed by atoms with van der Waals surface area (Å²) in [5, 5.41) is 3.14. The van der Waals surface area contributed by atoms with Crippen LogP contribution in [-0.4, -0.2) is 25.9 Å². The molecule has 2 aromatic rings. The molecule has 0 fully saturated rings. The average molecular weight is 254 g/mol. The minimum absolute atomic E-state index is 0.397. The van der Waals surface area contributed by atoms with E-state index in [2.05, 4.69) is 10.3 Å². The number of aromatic nitrogens is 1. The van der Waals surface area contributed by atoms with Crippen molar-refractivity contribution < 1.29 is 9.53 Å². The molecule has 0 saturated heterocycles. The van der Waals surface area contributed by atoms with E-state index in [9.17, 15) is 4.79 Å². The molecular formula is C14H15BN2O2. The van der Waals surface area contributed by atoms with Gasteiger partial charge in [-0.2, -0.15) is 0 Å². The Morgan fingerprint density at radius 3 is 2.84 bits per heavy atom. The quantitative estimate of drug-likeness (QED) is 0.660. The van der Waals surface area contributed by atoms with Gasteiger partial charge in [0.05, 0.1) is 7.11 Å². The van der Waals surface area contributed by atoms with Crippen molar-refractivity contribution in [1.29, 1.82) is 0 Å². The fraction of sp³-hybridized carbons (Fsp3) is 0.143. The van der Waals surface area contributed by atoms with Crippen molar-refractivity contribution in [3.8, 4) is 0 Å². The molecule has 0 aliphatic heterocycles. The zero-order valence-corrected chi connectivity index (χ0v) is 11.2. The number of methoxy groups -OCH3 is 1. The zero-order valence-electron chi connectivity index (χ0n) is 11.2. The molecule has 0 amide bonds. The second-order valence-corrected chi connectivity index (χ2v) is 4.39. The molecule has 0 saturated carbocycles. The Kier molecular flexibility index (Phi) is 3.85. The molecule has 1 aromatic heterocycles. The van der Waals surface area contributed by atoms with Crippen molar-refractivity contribution in [2.45, 2.75) is 6.92 Å². The lowest BCUT2D eigenvalue weighted by Crippen LogP contribution is -2.13. The lowest BCUT2D eigenvalue weighted by Gasteiger charge is -2.11. The summed E-state index contributed by atoms with van der Waals surface area (Å²) in [7, 11) is 3.25. The van der Waals surface area contributed by atoms with Crippen LogP contribution < -0.4 is 10.8 Å². The molecule has 5 heteroatoms. The summed E-state index contributed by atoms with van der Waals surface area (Å²) in [4.78, 5) is 16.0. The number of aryl methyl sites for hydroxylation is 1. The van der Waals surface area contributed by atoms with Gasteiger partial charge in [-0.25, -0.2) is 9.78 Å². The van der Waals surface area contributed by atoms with Crippen molar-refractivity contribution in [3.63, 3.8) is 0 Å². The highest BCUT2D eigenvalue weighted by Crippen LogP contribution is 2.19. The molecule has 4 nitrogen and oxygen atoms in total. The summed E-state index contributed by atoms with van der Waals surface area (Å²) in [6, 6.07) is 9.63. The van der Waals surface area contributed by atoms with Crippen LogP contribution in [0.15, 0.2) is 36.5 Å². The standard InChI is InChI=1S/C14H15BN2O2/c1-9-4-3-5-11(6-9)17-13-12(14(18)19-2)7-10(15)8-16-13/h3-8H,15H2,1-2H3,(H,16,17). The summed E-state index contributed by atoms with van der Waals surface area (Å²) >= 11 is 0. The van der Waals surface area contributed by atoms with E-state index in [4.69, 9.17) is 4.74 Å². The topological polar surface area (TPSA) is 51.2 Å². The lowest BCUT2D eigenvalue weighted by atomic mass is 9.97. The summed E-state index contributed by atoms with van der Waals surface area (Å²) in [5.41, 5.74) is 3.37. The number of carbonyl (C=O) groups excluding carboxylic acids is 1. The normalized spacial score (nSPS) is 10.0. The second-order valence-electron chi connectivity index (χ2n) is 4.39. The first-order valence-corrected chi connectivity index (χ1v) is 5.99. The summed E-state index contributed by atoms with van der Waals surface area (Å²) in [5.74, 6) is 0.106. The molecule has 0 spiro atoms. The Labute approximate surface area is 113 Å². The molecular weight excluding hydrogens is 239 g/mol. The number of carbonyl (C=O) groups is 1. The number of pyridine rings is 1. The highest BCUT2D eigenvalue weighted by molar-refractivity contribution is 6.32. The first-order chi connectivity index (χ1) is 9.10. The number of nitrogens with one attached hydrogen (secondary N) is 1. The summed E-state index contributed by atoms with van der Waals surface area (Å²) < 4.78 is 4.77. The molecule has 0 atom stereocenters. The van der Waals surface area contributed by atoms with E-state index in [0.29, 0.717) is 11.4 Å². The van der Waals surface area contributed by atoms with Gasteiger partial charge in [0.25, 0.3) is 0 Å². The minimum atomic E-state index is -0.397. The van der Waals surface area contributed by atoms with Gasteiger partial charge < -0.3 is 10.1 Å². The predicted molar refractivity (Wildman–Crippen MR) is 78.2 cm³/mol. The summed E-state index contributed by atoms with van der Waals surface area (Å²) in [6.45, 7) is 2.01. The van der Waals surface area contributed by atoms with Crippen molar-refractivity contribution in [2.75, 3.05) is 12.4 Å². The number of hydrogen-bond donors (Lipinski definition) is 1. The minimum Gasteiger partial charge on any atom is -0.465 e. The van der Waals surface area contributed by atoms with Crippen LogP contribution in [0.5, 0.6) is 0 Å². The third kappa shape index (κ3) is 3.13. The van der Waals surface area contributed by atoms with Crippen LogP contribution in [0.25, 0.3) is 0 Å². The Balaban J connectivity index is 2.37. The molecule has 0 aliphatic carbocycles. The molecule has 1 heterocycles. The molecule has 1 N–H and O–H groups in total. The highest BCUT2D eigenvalue weighted by atomic mass is 16.5. The largest absolute Gasteiger partial charge is 0.465 e. The Bertz CT molecular complexity index is 614. The van der Waals surface area contributed by atoms with Crippen LogP contribution >= 0.6 is 0 Å². The van der Waals surface area contributed by atoms with E-state index in [0.717, 1.165) is 16.7 Å². The average Bonchev–Trinajstić information content (AvgIpc) is 2.40. The molecule has 0 unspecified atom stereocenters.